The van der Waals surface area contributed by atoms with Crippen molar-refractivity contribution in [1.82, 2.24) is 25.6 Å². The maximum absolute atomic E-state index is 12.0. The molecule has 2 aromatic rings. The van der Waals surface area contributed by atoms with Crippen molar-refractivity contribution in [1.29, 1.82) is 0 Å². The first-order chi connectivity index (χ1) is 10.5. The molecule has 22 heavy (non-hydrogen) atoms. The number of nitrogens with zero attached hydrogens (tertiary/aromatic N) is 3. The van der Waals surface area contributed by atoms with Crippen molar-refractivity contribution < 1.29 is 4.79 Å². The molecule has 1 aromatic heterocycles. The second-order valence-corrected chi connectivity index (χ2v) is 5.46. The quantitative estimate of drug-likeness (QED) is 0.889. The molecule has 2 N–H and O–H groups in total. The van der Waals surface area contributed by atoms with E-state index in [9.17, 15) is 4.79 Å². The highest BCUT2D eigenvalue weighted by molar-refractivity contribution is 6.30. The van der Waals surface area contributed by atoms with E-state index in [1.165, 1.54) is 0 Å². The van der Waals surface area contributed by atoms with Gasteiger partial charge in [-0.2, -0.15) is 15.0 Å². The largest absolute Gasteiger partial charge is 0.332 e. The highest BCUT2D eigenvalue weighted by Crippen LogP contribution is 2.15. The van der Waals surface area contributed by atoms with E-state index >= 15 is 0 Å². The molecule has 0 unspecified atom stereocenters. The molecular formula is C15H20ClN5O. The van der Waals surface area contributed by atoms with Gasteiger partial charge in [0.1, 0.15) is 5.69 Å². The Morgan fingerprint density at radius 3 is 2.59 bits per heavy atom. The van der Waals surface area contributed by atoms with Gasteiger partial charge in [0.05, 0.1) is 24.8 Å². The summed E-state index contributed by atoms with van der Waals surface area (Å²) in [4.78, 5) is 13.6. The Kier molecular flexibility index (Phi) is 5.38. The Labute approximate surface area is 134 Å². The average molecular weight is 322 g/mol. The zero-order valence-corrected chi connectivity index (χ0v) is 13.7. The summed E-state index contributed by atoms with van der Waals surface area (Å²) >= 11 is 5.85. The highest BCUT2D eigenvalue weighted by Gasteiger charge is 2.11. The van der Waals surface area contributed by atoms with Crippen molar-refractivity contribution in [2.75, 3.05) is 0 Å². The number of halogens is 1. The molecule has 0 fully saturated rings. The predicted octanol–water partition coefficient (Wildman–Crippen LogP) is 2.82. The van der Waals surface area contributed by atoms with Crippen LogP contribution in [-0.4, -0.2) is 21.0 Å². The maximum atomic E-state index is 12.0. The normalized spacial score (nSPS) is 12.0. The average Bonchev–Trinajstić information content (AvgIpc) is 2.86. The maximum Gasteiger partial charge on any atom is 0.315 e. The van der Waals surface area contributed by atoms with Crippen molar-refractivity contribution >= 4 is 17.6 Å². The van der Waals surface area contributed by atoms with Gasteiger partial charge in [-0.25, -0.2) is 4.79 Å². The van der Waals surface area contributed by atoms with Gasteiger partial charge < -0.3 is 10.6 Å². The minimum absolute atomic E-state index is 0.107. The Morgan fingerprint density at radius 2 is 2.00 bits per heavy atom. The molecule has 1 atom stereocenters. The smallest absolute Gasteiger partial charge is 0.315 e. The van der Waals surface area contributed by atoms with E-state index in [0.717, 1.165) is 17.0 Å². The summed E-state index contributed by atoms with van der Waals surface area (Å²) in [6, 6.07) is 7.05. The van der Waals surface area contributed by atoms with E-state index in [4.69, 9.17) is 11.6 Å². The first-order valence-corrected chi connectivity index (χ1v) is 7.57. The fourth-order valence-electron chi connectivity index (χ4n) is 2.02. The summed E-state index contributed by atoms with van der Waals surface area (Å²) < 4.78 is 0. The van der Waals surface area contributed by atoms with Gasteiger partial charge in [-0.15, -0.1) is 0 Å². The first kappa shape index (κ1) is 16.3. The number of carbonyl (C=O) groups is 1. The zero-order valence-electron chi connectivity index (χ0n) is 12.9. The Bertz CT molecular complexity index is 638. The number of rotatable bonds is 5. The van der Waals surface area contributed by atoms with Gasteiger partial charge in [-0.1, -0.05) is 23.7 Å². The van der Waals surface area contributed by atoms with Gasteiger partial charge in [0.25, 0.3) is 0 Å². The second kappa shape index (κ2) is 7.26. The molecular weight excluding hydrogens is 302 g/mol. The van der Waals surface area contributed by atoms with E-state index in [1.54, 1.807) is 16.9 Å². The molecule has 0 saturated heterocycles. The molecule has 118 valence electrons. The molecule has 0 spiro atoms. The topological polar surface area (TPSA) is 71.8 Å². The van der Waals surface area contributed by atoms with Crippen molar-refractivity contribution in [2.45, 2.75) is 39.9 Å². The van der Waals surface area contributed by atoms with Crippen LogP contribution in [0.15, 0.2) is 24.3 Å². The highest BCUT2D eigenvalue weighted by atomic mass is 35.5. The molecule has 7 heteroatoms. The van der Waals surface area contributed by atoms with Gasteiger partial charge in [-0.3, -0.25) is 0 Å². The Morgan fingerprint density at radius 1 is 1.32 bits per heavy atom. The third-order valence-corrected chi connectivity index (χ3v) is 3.59. The third-order valence-electron chi connectivity index (χ3n) is 3.34. The number of urea groups is 1. The van der Waals surface area contributed by atoms with E-state index in [0.29, 0.717) is 18.1 Å². The van der Waals surface area contributed by atoms with Gasteiger partial charge >= 0.3 is 6.03 Å². The summed E-state index contributed by atoms with van der Waals surface area (Å²) in [6.07, 6.45) is 0. The number of aryl methyl sites for hydroxylation is 2. The molecule has 0 radical (unpaired) electrons. The van der Waals surface area contributed by atoms with Crippen molar-refractivity contribution in [2.24, 2.45) is 0 Å². The molecule has 2 amide bonds. The number of amides is 2. The van der Waals surface area contributed by atoms with Crippen LogP contribution in [0.25, 0.3) is 0 Å². The Hall–Kier alpha value is -2.08. The van der Waals surface area contributed by atoms with Crippen molar-refractivity contribution in [3.05, 3.63) is 46.2 Å². The standard InChI is InChI=1S/C15H20ClN5O/c1-4-21-19-11(3)14(20-21)9-17-15(22)18-10(2)12-5-7-13(16)8-6-12/h5-8,10H,4,9H2,1-3H3,(H2,17,18,22)/t10-/m1/s1. The van der Waals surface area contributed by atoms with E-state index in [1.807, 2.05) is 32.9 Å². The zero-order chi connectivity index (χ0) is 16.1. The molecule has 6 nitrogen and oxygen atoms in total. The van der Waals surface area contributed by atoms with E-state index in [-0.39, 0.29) is 12.1 Å². The van der Waals surface area contributed by atoms with Crippen LogP contribution in [0.4, 0.5) is 4.79 Å². The molecule has 0 saturated carbocycles. The lowest BCUT2D eigenvalue weighted by Crippen LogP contribution is -2.36. The van der Waals surface area contributed by atoms with Crippen molar-refractivity contribution in [3.63, 3.8) is 0 Å². The number of hydrogen-bond acceptors (Lipinski definition) is 3. The van der Waals surface area contributed by atoms with E-state index in [2.05, 4.69) is 20.8 Å². The van der Waals surface area contributed by atoms with E-state index < -0.39 is 0 Å². The molecule has 1 aromatic carbocycles. The van der Waals surface area contributed by atoms with Crippen LogP contribution in [-0.2, 0) is 13.1 Å². The monoisotopic (exact) mass is 321 g/mol. The molecule has 2 rings (SSSR count). The number of nitrogens with one attached hydrogen (secondary N) is 2. The fraction of sp³-hybridized carbons (Fsp3) is 0.400. The van der Waals surface area contributed by atoms with Crippen LogP contribution in [0.3, 0.4) is 0 Å². The third kappa shape index (κ3) is 4.21. The summed E-state index contributed by atoms with van der Waals surface area (Å²) in [7, 11) is 0. The van der Waals surface area contributed by atoms with Crippen LogP contribution in [0.2, 0.25) is 5.02 Å². The van der Waals surface area contributed by atoms with Gasteiger partial charge in [0.2, 0.25) is 0 Å². The number of carbonyl (C=O) groups excluding carboxylic acids is 1. The number of aromatic nitrogens is 3. The molecule has 1 heterocycles. The van der Waals surface area contributed by atoms with Crippen LogP contribution >= 0.6 is 11.6 Å². The van der Waals surface area contributed by atoms with Crippen molar-refractivity contribution in [3.8, 4) is 0 Å². The SMILES string of the molecule is CCn1nc(C)c(CNC(=O)N[C@H](C)c2ccc(Cl)cc2)n1. The summed E-state index contributed by atoms with van der Waals surface area (Å²) in [5.41, 5.74) is 2.59. The summed E-state index contributed by atoms with van der Waals surface area (Å²) in [5, 5.41) is 14.9. The van der Waals surface area contributed by atoms with Crippen LogP contribution in [0, 0.1) is 6.92 Å². The molecule has 0 aliphatic rings. The molecule has 0 bridgehead atoms. The fourth-order valence-corrected chi connectivity index (χ4v) is 2.14. The number of hydrogen-bond donors (Lipinski definition) is 2. The number of benzene rings is 1. The summed E-state index contributed by atoms with van der Waals surface area (Å²) in [6.45, 7) is 6.83. The van der Waals surface area contributed by atoms with Crippen LogP contribution < -0.4 is 10.6 Å². The Balaban J connectivity index is 1.87. The first-order valence-electron chi connectivity index (χ1n) is 7.20. The lowest BCUT2D eigenvalue weighted by Gasteiger charge is -2.14. The van der Waals surface area contributed by atoms with Crippen LogP contribution in [0.5, 0.6) is 0 Å². The molecule has 0 aliphatic heterocycles. The summed E-state index contributed by atoms with van der Waals surface area (Å²) in [5.74, 6) is 0. The molecule has 0 aliphatic carbocycles. The predicted molar refractivity (Wildman–Crippen MR) is 85.7 cm³/mol. The second-order valence-electron chi connectivity index (χ2n) is 5.02. The lowest BCUT2D eigenvalue weighted by atomic mass is 10.1. The van der Waals surface area contributed by atoms with Gasteiger partial charge in [0.15, 0.2) is 0 Å². The minimum Gasteiger partial charge on any atom is -0.332 e. The van der Waals surface area contributed by atoms with Gasteiger partial charge in [-0.05, 0) is 38.5 Å². The minimum atomic E-state index is -0.243. The van der Waals surface area contributed by atoms with Gasteiger partial charge in [0, 0.05) is 5.02 Å². The van der Waals surface area contributed by atoms with Crippen LogP contribution in [0.1, 0.15) is 36.8 Å². The lowest BCUT2D eigenvalue weighted by molar-refractivity contribution is 0.237.